The van der Waals surface area contributed by atoms with Crippen LogP contribution in [0.1, 0.15) is 91.7 Å². The van der Waals surface area contributed by atoms with Crippen molar-refractivity contribution in [1.29, 1.82) is 0 Å². The van der Waals surface area contributed by atoms with Gasteiger partial charge < -0.3 is 45.9 Å². The molecule has 6 aromatic rings. The van der Waals surface area contributed by atoms with Crippen molar-refractivity contribution in [3.63, 3.8) is 0 Å². The van der Waals surface area contributed by atoms with Crippen LogP contribution in [0.25, 0.3) is 11.3 Å². The Morgan fingerprint density at radius 1 is 0.859 bits per heavy atom. The quantitative estimate of drug-likeness (QED) is 0.0442. The minimum absolute atomic E-state index is 0.0187. The van der Waals surface area contributed by atoms with Gasteiger partial charge in [0.1, 0.15) is 52.5 Å². The lowest BCUT2D eigenvalue weighted by Gasteiger charge is -2.29. The first kappa shape index (κ1) is 43.9. The summed E-state index contributed by atoms with van der Waals surface area (Å²) in [6.45, 7) is 5.06. The van der Waals surface area contributed by atoms with Gasteiger partial charge in [-0.05, 0) is 62.8 Å². The fourth-order valence-electron chi connectivity index (χ4n) is 7.67. The number of hydrogen-bond acceptors (Lipinski definition) is 14. The third-order valence-electron chi connectivity index (χ3n) is 11.3. The smallest absolute Gasteiger partial charge is 0.289 e. The Morgan fingerprint density at radius 2 is 1.50 bits per heavy atom. The molecule has 64 heavy (non-hydrogen) atoms. The first-order chi connectivity index (χ1) is 30.7. The molecule has 0 aromatic carbocycles. The molecule has 2 fully saturated rings. The van der Waals surface area contributed by atoms with Gasteiger partial charge in [-0.2, -0.15) is 28.0 Å². The standard InChI is InChI=1S/C43H52F2N14O5/c1-42(2,22-48-39(60)28-20-50-58-34(46-4)18-32(55-37(28)58)53-30-8-6-16-47-36(30)43(3,44)45)23-64-24-49-35-19-33(56-38-29(21-51-59(35)38)40(61)52-25-10-11-25)54-31-9-7-17-57(41(31)62)26-12-14-27(63-5)15-13-26/h6-9,16-21,25-27,46,49H,10-15,22-24H2,1-5H3,(H,48,60)(H,52,61)(H,53,55)(H,54,56). The van der Waals surface area contributed by atoms with Gasteiger partial charge in [-0.1, -0.05) is 13.8 Å². The van der Waals surface area contributed by atoms with Gasteiger partial charge in [-0.3, -0.25) is 19.4 Å². The van der Waals surface area contributed by atoms with Gasteiger partial charge in [0.25, 0.3) is 23.3 Å². The molecule has 0 aliphatic heterocycles. The third kappa shape index (κ3) is 9.74. The maximum atomic E-state index is 14.3. The van der Waals surface area contributed by atoms with E-state index in [1.807, 2.05) is 26.1 Å². The molecule has 338 valence electrons. The molecule has 0 atom stereocenters. The number of amides is 2. The zero-order chi connectivity index (χ0) is 45.2. The molecule has 0 radical (unpaired) electrons. The van der Waals surface area contributed by atoms with Crippen molar-refractivity contribution < 1.29 is 27.8 Å². The second-order valence-electron chi connectivity index (χ2n) is 17.0. The van der Waals surface area contributed by atoms with Crippen LogP contribution in [0.2, 0.25) is 0 Å². The van der Waals surface area contributed by atoms with E-state index in [9.17, 15) is 23.2 Å². The number of nitrogens with zero attached hydrogens (tertiary/aromatic N) is 8. The van der Waals surface area contributed by atoms with Crippen LogP contribution in [0.4, 0.5) is 43.4 Å². The SMILES string of the molecule is CNc1cc(Nc2cccnc2C(C)(F)F)nc2c(C(=O)NCC(C)(C)COCNc3cc(Nc4cccn(C5CCC(OC)CC5)c4=O)nc4c(C(=O)NC5CC5)cnn34)cnn12. The van der Waals surface area contributed by atoms with Crippen molar-refractivity contribution in [2.45, 2.75) is 83.4 Å². The van der Waals surface area contributed by atoms with Crippen LogP contribution in [-0.2, 0) is 15.4 Å². The van der Waals surface area contributed by atoms with Gasteiger partial charge in [0.2, 0.25) is 0 Å². The molecule has 2 aliphatic carbocycles. The number of nitrogens with one attached hydrogen (secondary N) is 6. The zero-order valence-electron chi connectivity index (χ0n) is 36.2. The highest BCUT2D eigenvalue weighted by Crippen LogP contribution is 2.33. The van der Waals surface area contributed by atoms with Gasteiger partial charge >= 0.3 is 0 Å². The topological polar surface area (TPSA) is 220 Å². The molecule has 6 aromatic heterocycles. The van der Waals surface area contributed by atoms with Crippen molar-refractivity contribution in [2.24, 2.45) is 5.41 Å². The number of carbonyl (C=O) groups excluding carboxylic acids is 2. The summed E-state index contributed by atoms with van der Waals surface area (Å²) in [4.78, 5) is 53.7. The van der Waals surface area contributed by atoms with Crippen LogP contribution in [0.3, 0.4) is 0 Å². The van der Waals surface area contributed by atoms with E-state index in [0.717, 1.165) is 45.4 Å². The highest BCUT2D eigenvalue weighted by molar-refractivity contribution is 6.01. The summed E-state index contributed by atoms with van der Waals surface area (Å²) >= 11 is 0. The van der Waals surface area contributed by atoms with Crippen LogP contribution in [-0.4, -0.2) is 96.7 Å². The highest BCUT2D eigenvalue weighted by atomic mass is 19.3. The van der Waals surface area contributed by atoms with E-state index in [0.29, 0.717) is 28.8 Å². The second kappa shape index (κ2) is 18.2. The van der Waals surface area contributed by atoms with Crippen LogP contribution in [0.15, 0.2) is 66.0 Å². The van der Waals surface area contributed by atoms with E-state index in [1.165, 1.54) is 39.8 Å². The molecule has 0 saturated heterocycles. The summed E-state index contributed by atoms with van der Waals surface area (Å²) in [7, 11) is 3.38. The number of rotatable bonds is 18. The van der Waals surface area contributed by atoms with Crippen molar-refractivity contribution >= 4 is 57.8 Å². The van der Waals surface area contributed by atoms with Crippen molar-refractivity contribution in [3.8, 4) is 0 Å². The Labute approximate surface area is 366 Å². The molecule has 0 unspecified atom stereocenters. The molecule has 2 saturated carbocycles. The van der Waals surface area contributed by atoms with Crippen LogP contribution >= 0.6 is 0 Å². The molecule has 0 bridgehead atoms. The molecule has 21 heteroatoms. The molecular formula is C43H52F2N14O5. The average Bonchev–Trinajstić information content (AvgIpc) is 3.81. The second-order valence-corrected chi connectivity index (χ2v) is 17.0. The Balaban J connectivity index is 0.936. The molecule has 8 rings (SSSR count). The summed E-state index contributed by atoms with van der Waals surface area (Å²) in [6, 6.07) is 10.00. The van der Waals surface area contributed by atoms with Gasteiger partial charge in [-0.15, -0.1) is 0 Å². The minimum atomic E-state index is -3.21. The summed E-state index contributed by atoms with van der Waals surface area (Å²) in [6.07, 6.45) is 11.4. The van der Waals surface area contributed by atoms with Crippen LogP contribution in [0.5, 0.6) is 0 Å². The number of hydrogen-bond donors (Lipinski definition) is 6. The number of aromatic nitrogens is 8. The minimum Gasteiger partial charge on any atom is -0.381 e. The van der Waals surface area contributed by atoms with E-state index in [2.05, 4.69) is 52.1 Å². The fraction of sp³-hybridized carbons (Fsp3) is 0.442. The Morgan fingerprint density at radius 3 is 2.16 bits per heavy atom. The van der Waals surface area contributed by atoms with E-state index >= 15 is 0 Å². The molecule has 19 nitrogen and oxygen atoms in total. The van der Waals surface area contributed by atoms with Gasteiger partial charge in [0, 0.05) is 69.7 Å². The first-order valence-corrected chi connectivity index (χ1v) is 21.2. The molecule has 6 heterocycles. The monoisotopic (exact) mass is 882 g/mol. The predicted molar refractivity (Wildman–Crippen MR) is 236 cm³/mol. The molecular weight excluding hydrogens is 831 g/mol. The maximum Gasteiger partial charge on any atom is 0.289 e. The van der Waals surface area contributed by atoms with Crippen molar-refractivity contribution in [1.82, 2.24) is 49.4 Å². The Bertz CT molecular complexity index is 2720. The molecule has 6 N–H and O–H groups in total. The summed E-state index contributed by atoms with van der Waals surface area (Å²) in [5.41, 5.74) is 0.173. The third-order valence-corrected chi connectivity index (χ3v) is 11.3. The Hall–Kier alpha value is -6.74. The lowest BCUT2D eigenvalue weighted by Crippen LogP contribution is -2.37. The first-order valence-electron chi connectivity index (χ1n) is 21.2. The summed E-state index contributed by atoms with van der Waals surface area (Å²) in [5.74, 6) is -2.50. The van der Waals surface area contributed by atoms with E-state index in [1.54, 1.807) is 36.9 Å². The lowest BCUT2D eigenvalue weighted by molar-refractivity contribution is 0.0136. The molecule has 2 amide bonds. The maximum absolute atomic E-state index is 14.3. The highest BCUT2D eigenvalue weighted by Gasteiger charge is 2.31. The predicted octanol–water partition coefficient (Wildman–Crippen LogP) is 5.83. The van der Waals surface area contributed by atoms with E-state index in [4.69, 9.17) is 14.5 Å². The number of anilines is 6. The zero-order valence-corrected chi connectivity index (χ0v) is 36.2. The van der Waals surface area contributed by atoms with E-state index < -0.39 is 22.9 Å². The number of pyridine rings is 2. The molecule has 0 spiro atoms. The van der Waals surface area contributed by atoms with Gasteiger partial charge in [0.15, 0.2) is 11.3 Å². The number of methoxy groups -OCH3 is 1. The number of fused-ring (bicyclic) bond motifs is 2. The van der Waals surface area contributed by atoms with Crippen LogP contribution in [0, 0.1) is 5.41 Å². The van der Waals surface area contributed by atoms with Gasteiger partial charge in [-0.25, -0.2) is 9.97 Å². The van der Waals surface area contributed by atoms with E-state index in [-0.39, 0.29) is 77.8 Å². The Kier molecular flexibility index (Phi) is 12.5. The lowest BCUT2D eigenvalue weighted by atomic mass is 9.92. The van der Waals surface area contributed by atoms with Crippen LogP contribution < -0.4 is 37.5 Å². The number of ether oxygens (including phenoxy) is 2. The summed E-state index contributed by atoms with van der Waals surface area (Å²) in [5, 5.41) is 27.1. The number of halogens is 2. The van der Waals surface area contributed by atoms with Crippen molar-refractivity contribution in [2.75, 3.05) is 55.3 Å². The largest absolute Gasteiger partial charge is 0.381 e. The molecule has 2 aliphatic rings. The number of alkyl halides is 2. The van der Waals surface area contributed by atoms with Gasteiger partial charge in [0.05, 0.1) is 30.8 Å². The normalized spacial score (nSPS) is 16.7. The van der Waals surface area contributed by atoms with Crippen molar-refractivity contribution in [3.05, 3.63) is 88.4 Å². The summed E-state index contributed by atoms with van der Waals surface area (Å²) < 4.78 is 45.0. The average molecular weight is 883 g/mol. The number of carbonyl (C=O) groups is 2. The fourth-order valence-corrected chi connectivity index (χ4v) is 7.67.